The number of hydrogen-bond donors (Lipinski definition) is 2. The molecule has 6 nitrogen and oxygen atoms in total. The number of carbonyl (C=O) groups excluding carboxylic acids is 1. The highest BCUT2D eigenvalue weighted by atomic mass is 32.2. The minimum absolute atomic E-state index is 0.0963. The second-order valence-corrected chi connectivity index (χ2v) is 15.2. The Kier molecular flexibility index (Phi) is 9.00. The fraction of sp³-hybridized carbons (Fsp3) is 0.500. The van der Waals surface area contributed by atoms with Crippen LogP contribution >= 0.6 is 11.8 Å². The van der Waals surface area contributed by atoms with Gasteiger partial charge in [0.2, 0.25) is 0 Å². The maximum absolute atomic E-state index is 11.6. The van der Waals surface area contributed by atoms with Crippen molar-refractivity contribution in [1.82, 2.24) is 0 Å². The third-order valence-corrected chi connectivity index (χ3v) is 12.2. The summed E-state index contributed by atoms with van der Waals surface area (Å²) in [5.41, 5.74) is -0.597. The summed E-state index contributed by atoms with van der Waals surface area (Å²) < 4.78 is 18.4. The van der Waals surface area contributed by atoms with Crippen molar-refractivity contribution in [2.24, 2.45) is 0 Å². The Balaban J connectivity index is 1.96. The maximum Gasteiger partial charge on any atom is 0.303 e. The predicted molar refractivity (Wildman–Crippen MR) is 138 cm³/mol. The summed E-state index contributed by atoms with van der Waals surface area (Å²) in [7, 11) is -2.83. The average molecular weight is 505 g/mol. The van der Waals surface area contributed by atoms with Gasteiger partial charge in [-0.25, -0.2) is 0 Å². The van der Waals surface area contributed by atoms with Crippen LogP contribution in [-0.2, 0) is 18.7 Å². The summed E-state index contributed by atoms with van der Waals surface area (Å²) in [6, 6.07) is 20.4. The van der Waals surface area contributed by atoms with E-state index in [-0.39, 0.29) is 11.6 Å². The van der Waals surface area contributed by atoms with Crippen molar-refractivity contribution in [3.8, 4) is 0 Å². The molecule has 0 amide bonds. The summed E-state index contributed by atoms with van der Waals surface area (Å²) in [6.07, 6.45) is -4.24. The standard InChI is InChI=1S/C26H36O6SSi/c1-6-33-25-24(31-18(2)27)23(29)22(28)21(32-25)17-30-34(26(3,4)5,19-13-9-7-10-14-19)20-15-11-8-12-16-20/h7-16,21-25,28-29H,6,17H2,1-5H3/t21-,22+,23+,24-,25?/m1/s1. The highest BCUT2D eigenvalue weighted by molar-refractivity contribution is 7.99. The quantitative estimate of drug-likeness (QED) is 0.422. The van der Waals surface area contributed by atoms with Crippen LogP contribution in [0, 0.1) is 0 Å². The molecule has 2 aromatic carbocycles. The molecule has 0 saturated carbocycles. The van der Waals surface area contributed by atoms with E-state index in [4.69, 9.17) is 13.9 Å². The number of aliphatic hydroxyl groups excluding tert-OH is 2. The molecule has 0 spiro atoms. The first-order valence-corrected chi connectivity index (χ1v) is 14.6. The molecule has 2 aromatic rings. The van der Waals surface area contributed by atoms with Crippen molar-refractivity contribution in [1.29, 1.82) is 0 Å². The molecule has 0 aliphatic carbocycles. The third kappa shape index (κ3) is 5.58. The molecule has 0 aromatic heterocycles. The van der Waals surface area contributed by atoms with E-state index in [9.17, 15) is 15.0 Å². The van der Waals surface area contributed by atoms with E-state index in [0.717, 1.165) is 10.4 Å². The van der Waals surface area contributed by atoms with Crippen LogP contribution in [0.25, 0.3) is 0 Å². The van der Waals surface area contributed by atoms with Gasteiger partial charge in [-0.05, 0) is 21.2 Å². The monoisotopic (exact) mass is 504 g/mol. The van der Waals surface area contributed by atoms with E-state index < -0.39 is 44.1 Å². The van der Waals surface area contributed by atoms with Gasteiger partial charge in [0.25, 0.3) is 8.32 Å². The van der Waals surface area contributed by atoms with E-state index in [1.807, 2.05) is 43.3 Å². The van der Waals surface area contributed by atoms with E-state index in [1.165, 1.54) is 18.7 Å². The number of benzene rings is 2. The second-order valence-electron chi connectivity index (χ2n) is 9.53. The first-order valence-electron chi connectivity index (χ1n) is 11.7. The van der Waals surface area contributed by atoms with Crippen LogP contribution in [0.15, 0.2) is 60.7 Å². The zero-order valence-corrected chi connectivity index (χ0v) is 22.3. The van der Waals surface area contributed by atoms with Crippen molar-refractivity contribution in [3.63, 3.8) is 0 Å². The Morgan fingerprint density at radius 3 is 1.97 bits per heavy atom. The SMILES string of the molecule is CCSC1O[C@H](CO[Si](c2ccccc2)(c2ccccc2)C(C)(C)C)[C@H](O)[C@H](O)[C@H]1OC(C)=O. The molecule has 1 fully saturated rings. The third-order valence-electron chi connectivity index (χ3n) is 6.16. The molecule has 2 N–H and O–H groups in total. The molecule has 1 saturated heterocycles. The van der Waals surface area contributed by atoms with Crippen molar-refractivity contribution in [2.45, 2.75) is 69.5 Å². The van der Waals surface area contributed by atoms with Crippen LogP contribution < -0.4 is 10.4 Å². The van der Waals surface area contributed by atoms with Crippen LogP contribution in [-0.4, -0.2) is 66.7 Å². The molecular formula is C26H36O6SSi. The topological polar surface area (TPSA) is 85.2 Å². The normalized spacial score (nSPS) is 25.7. The van der Waals surface area contributed by atoms with Crippen LogP contribution in [0.1, 0.15) is 34.6 Å². The van der Waals surface area contributed by atoms with Gasteiger partial charge in [-0.3, -0.25) is 4.79 Å². The van der Waals surface area contributed by atoms with Crippen molar-refractivity contribution >= 4 is 36.4 Å². The van der Waals surface area contributed by atoms with Crippen LogP contribution in [0.2, 0.25) is 5.04 Å². The van der Waals surface area contributed by atoms with Crippen molar-refractivity contribution in [2.75, 3.05) is 12.4 Å². The number of carbonyl (C=O) groups is 1. The molecule has 186 valence electrons. The molecular weight excluding hydrogens is 468 g/mol. The van der Waals surface area contributed by atoms with Gasteiger partial charge in [0, 0.05) is 6.92 Å². The molecule has 1 aliphatic rings. The number of ether oxygens (including phenoxy) is 2. The smallest absolute Gasteiger partial charge is 0.303 e. The molecule has 1 unspecified atom stereocenters. The second kappa shape index (κ2) is 11.4. The minimum atomic E-state index is -2.83. The number of esters is 1. The van der Waals surface area contributed by atoms with Gasteiger partial charge in [-0.1, -0.05) is 88.4 Å². The van der Waals surface area contributed by atoms with Gasteiger partial charge >= 0.3 is 5.97 Å². The van der Waals surface area contributed by atoms with Gasteiger partial charge in [-0.15, -0.1) is 11.8 Å². The van der Waals surface area contributed by atoms with Crippen LogP contribution in [0.3, 0.4) is 0 Å². The van der Waals surface area contributed by atoms with Gasteiger partial charge in [0.15, 0.2) is 6.10 Å². The lowest BCUT2D eigenvalue weighted by Gasteiger charge is -2.46. The minimum Gasteiger partial charge on any atom is -0.456 e. The predicted octanol–water partition coefficient (Wildman–Crippen LogP) is 2.69. The first-order chi connectivity index (χ1) is 16.1. The maximum atomic E-state index is 11.6. The number of rotatable bonds is 8. The number of thioether (sulfide) groups is 1. The lowest BCUT2D eigenvalue weighted by molar-refractivity contribution is -0.217. The largest absolute Gasteiger partial charge is 0.456 e. The fourth-order valence-corrected chi connectivity index (χ4v) is 10.2. The Hall–Kier alpha value is -1.68. The summed E-state index contributed by atoms with van der Waals surface area (Å²) in [5.74, 6) is 0.177. The summed E-state index contributed by atoms with van der Waals surface area (Å²) in [6.45, 7) is 9.88. The zero-order valence-electron chi connectivity index (χ0n) is 20.5. The zero-order chi connectivity index (χ0) is 24.9. The molecule has 5 atom stereocenters. The molecule has 1 heterocycles. The van der Waals surface area contributed by atoms with Gasteiger partial charge < -0.3 is 24.1 Å². The molecule has 0 bridgehead atoms. The molecule has 8 heteroatoms. The fourth-order valence-electron chi connectivity index (χ4n) is 4.63. The van der Waals surface area contributed by atoms with Gasteiger partial charge in [0.05, 0.1) is 6.61 Å². The molecule has 0 radical (unpaired) electrons. The highest BCUT2D eigenvalue weighted by Crippen LogP contribution is 2.38. The summed E-state index contributed by atoms with van der Waals surface area (Å²) >= 11 is 1.43. The van der Waals surface area contributed by atoms with Gasteiger partial charge in [0.1, 0.15) is 23.7 Å². The van der Waals surface area contributed by atoms with Crippen LogP contribution in [0.4, 0.5) is 0 Å². The molecule has 3 rings (SSSR count). The van der Waals surface area contributed by atoms with Crippen molar-refractivity contribution in [3.05, 3.63) is 60.7 Å². The number of hydrogen-bond acceptors (Lipinski definition) is 7. The van der Waals surface area contributed by atoms with E-state index in [1.54, 1.807) is 0 Å². The van der Waals surface area contributed by atoms with E-state index >= 15 is 0 Å². The Morgan fingerprint density at radius 2 is 1.53 bits per heavy atom. The average Bonchev–Trinajstić information content (AvgIpc) is 2.80. The van der Waals surface area contributed by atoms with Gasteiger partial charge in [-0.2, -0.15) is 0 Å². The summed E-state index contributed by atoms with van der Waals surface area (Å²) in [5, 5.41) is 23.7. The Morgan fingerprint density at radius 1 is 1.00 bits per heavy atom. The number of aliphatic hydroxyl groups is 2. The van der Waals surface area contributed by atoms with Crippen molar-refractivity contribution < 1.29 is 28.9 Å². The lowest BCUT2D eigenvalue weighted by atomic mass is 10.0. The van der Waals surface area contributed by atoms with E-state index in [0.29, 0.717) is 5.75 Å². The van der Waals surface area contributed by atoms with Crippen LogP contribution in [0.5, 0.6) is 0 Å². The Bertz CT molecular complexity index is 880. The summed E-state index contributed by atoms with van der Waals surface area (Å²) in [4.78, 5) is 11.6. The first kappa shape index (κ1) is 26.9. The Labute approximate surface area is 207 Å². The molecule has 1 aliphatic heterocycles. The lowest BCUT2D eigenvalue weighted by Crippen LogP contribution is -2.68. The highest BCUT2D eigenvalue weighted by Gasteiger charge is 2.52. The van der Waals surface area contributed by atoms with E-state index in [2.05, 4.69) is 45.0 Å². The molecule has 34 heavy (non-hydrogen) atoms.